The molecule has 0 unspecified atom stereocenters. The van der Waals surface area contributed by atoms with Crippen molar-refractivity contribution in [2.75, 3.05) is 13.2 Å². The van der Waals surface area contributed by atoms with E-state index in [1.807, 2.05) is 13.8 Å². The maximum absolute atomic E-state index is 15.6. The largest absolute Gasteiger partial charge is 0.478 e. The molecule has 5 aromatic rings. The second-order valence-corrected chi connectivity index (χ2v) is 12.1. The van der Waals surface area contributed by atoms with E-state index in [-0.39, 0.29) is 62.9 Å². The van der Waals surface area contributed by atoms with Crippen LogP contribution in [0, 0.1) is 34.5 Å². The molecule has 1 atom stereocenters. The summed E-state index contributed by atoms with van der Waals surface area (Å²) in [5.74, 6) is -5.88. The van der Waals surface area contributed by atoms with Crippen molar-refractivity contribution in [1.29, 1.82) is 0 Å². The Bertz CT molecular complexity index is 2020. The maximum atomic E-state index is 15.6. The van der Waals surface area contributed by atoms with Gasteiger partial charge in [0, 0.05) is 28.0 Å². The average molecular weight is 658 g/mol. The number of imidazole rings is 1. The minimum atomic E-state index is -1.33. The Morgan fingerprint density at radius 2 is 1.72 bits per heavy atom. The van der Waals surface area contributed by atoms with E-state index in [1.165, 1.54) is 18.2 Å². The Hall–Kier alpha value is -4.55. The summed E-state index contributed by atoms with van der Waals surface area (Å²) in [6, 6.07) is 9.57. The summed E-state index contributed by atoms with van der Waals surface area (Å²) < 4.78 is 87.6. The molecule has 3 aromatic carbocycles. The van der Waals surface area contributed by atoms with Gasteiger partial charge in [-0.3, -0.25) is 0 Å². The van der Waals surface area contributed by atoms with Gasteiger partial charge in [0.15, 0.2) is 11.6 Å². The van der Waals surface area contributed by atoms with Crippen LogP contribution in [0.1, 0.15) is 47.2 Å². The number of aromatic carboxylic acids is 1. The highest BCUT2D eigenvalue weighted by Crippen LogP contribution is 2.41. The van der Waals surface area contributed by atoms with Crippen LogP contribution in [0.3, 0.4) is 0 Å². The molecule has 1 N–H and O–H groups in total. The van der Waals surface area contributed by atoms with Crippen LogP contribution < -0.4 is 4.74 Å². The molecule has 6 rings (SSSR count). The Labute approximate surface area is 264 Å². The summed E-state index contributed by atoms with van der Waals surface area (Å²) in [5.41, 5.74) is -1.16. The average Bonchev–Trinajstić information content (AvgIpc) is 3.53. The maximum Gasteiger partial charge on any atom is 0.335 e. The third kappa shape index (κ3) is 5.90. The molecule has 7 nitrogen and oxygen atoms in total. The standard InChI is InChI=1S/C33H25ClF5N3O4/c1-33(2)15-45-14-28(33)42-27-9-18(32(43)44)8-25(39)30(27)41-29(42)10-17-7-24(38)20(12-23(17)37)26-6-5-21(35)31(40-26)46-13-16-3-4-19(34)11-22(16)36/h3-9,11-12,28H,10,13-15H2,1-2H3,(H,43,44)/t28-/m1/s1. The molecular weight excluding hydrogens is 633 g/mol. The van der Waals surface area contributed by atoms with E-state index in [1.54, 1.807) is 4.57 Å². The molecule has 0 saturated carbocycles. The minimum Gasteiger partial charge on any atom is -0.478 e. The zero-order valence-electron chi connectivity index (χ0n) is 24.4. The molecule has 1 saturated heterocycles. The molecule has 1 aliphatic heterocycles. The van der Waals surface area contributed by atoms with Gasteiger partial charge in [-0.05, 0) is 54.1 Å². The number of pyridine rings is 1. The lowest BCUT2D eigenvalue weighted by Crippen LogP contribution is -2.27. The highest BCUT2D eigenvalue weighted by molar-refractivity contribution is 6.30. The predicted molar refractivity (Wildman–Crippen MR) is 158 cm³/mol. The fourth-order valence-corrected chi connectivity index (χ4v) is 5.68. The van der Waals surface area contributed by atoms with Crippen molar-refractivity contribution < 1.29 is 41.3 Å². The molecule has 46 heavy (non-hydrogen) atoms. The zero-order chi connectivity index (χ0) is 32.9. The van der Waals surface area contributed by atoms with Crippen molar-refractivity contribution in [2.24, 2.45) is 5.41 Å². The highest BCUT2D eigenvalue weighted by atomic mass is 35.5. The predicted octanol–water partition coefficient (Wildman–Crippen LogP) is 7.91. The van der Waals surface area contributed by atoms with Crippen molar-refractivity contribution in [2.45, 2.75) is 32.9 Å². The van der Waals surface area contributed by atoms with Crippen molar-refractivity contribution in [3.63, 3.8) is 0 Å². The smallest absolute Gasteiger partial charge is 0.335 e. The molecule has 1 aliphatic rings. The molecule has 3 heterocycles. The van der Waals surface area contributed by atoms with Gasteiger partial charge in [-0.1, -0.05) is 31.5 Å². The van der Waals surface area contributed by atoms with Gasteiger partial charge in [-0.25, -0.2) is 36.7 Å². The second-order valence-electron chi connectivity index (χ2n) is 11.7. The molecule has 0 radical (unpaired) electrons. The summed E-state index contributed by atoms with van der Waals surface area (Å²) in [6.45, 7) is 4.02. The SMILES string of the molecule is CC1(C)COC[C@H]1n1c(Cc2cc(F)c(-c3ccc(F)c(OCc4ccc(Cl)cc4F)n3)cc2F)nc2c(F)cc(C(=O)O)cc21. The van der Waals surface area contributed by atoms with E-state index in [2.05, 4.69) is 9.97 Å². The van der Waals surface area contributed by atoms with Crippen LogP contribution in [-0.4, -0.2) is 38.8 Å². The Balaban J connectivity index is 1.35. The van der Waals surface area contributed by atoms with E-state index < -0.39 is 59.0 Å². The lowest BCUT2D eigenvalue weighted by molar-refractivity contribution is 0.0696. The number of rotatable bonds is 8. The molecule has 0 aliphatic carbocycles. The first-order chi connectivity index (χ1) is 21.8. The summed E-state index contributed by atoms with van der Waals surface area (Å²) >= 11 is 5.76. The van der Waals surface area contributed by atoms with Gasteiger partial charge in [0.05, 0.1) is 36.0 Å². The van der Waals surface area contributed by atoms with Gasteiger partial charge in [-0.15, -0.1) is 0 Å². The molecule has 238 valence electrons. The van der Waals surface area contributed by atoms with Crippen molar-refractivity contribution in [1.82, 2.24) is 14.5 Å². The summed E-state index contributed by atoms with van der Waals surface area (Å²) in [7, 11) is 0. The lowest BCUT2D eigenvalue weighted by atomic mass is 9.87. The topological polar surface area (TPSA) is 86.5 Å². The number of carbonyl (C=O) groups is 1. The third-order valence-electron chi connectivity index (χ3n) is 7.99. The minimum absolute atomic E-state index is 0.0789. The van der Waals surface area contributed by atoms with E-state index in [4.69, 9.17) is 21.1 Å². The highest BCUT2D eigenvalue weighted by Gasteiger charge is 2.39. The molecule has 13 heteroatoms. The van der Waals surface area contributed by atoms with Crippen LogP contribution in [0.4, 0.5) is 22.0 Å². The summed E-state index contributed by atoms with van der Waals surface area (Å²) in [4.78, 5) is 20.1. The number of ether oxygens (including phenoxy) is 2. The molecule has 0 spiro atoms. The number of fused-ring (bicyclic) bond motifs is 1. The monoisotopic (exact) mass is 657 g/mol. The Morgan fingerprint density at radius 1 is 0.957 bits per heavy atom. The quantitative estimate of drug-likeness (QED) is 0.171. The number of hydrogen-bond donors (Lipinski definition) is 1. The van der Waals surface area contributed by atoms with Gasteiger partial charge in [-0.2, -0.15) is 0 Å². The molecule has 2 aromatic heterocycles. The number of carboxylic acids is 1. The lowest BCUT2D eigenvalue weighted by Gasteiger charge is -2.28. The van der Waals surface area contributed by atoms with Crippen LogP contribution in [0.5, 0.6) is 5.88 Å². The zero-order valence-corrected chi connectivity index (χ0v) is 25.1. The number of carboxylic acid groups (broad SMARTS) is 1. The molecule has 1 fully saturated rings. The molecular formula is C33H25ClF5N3O4. The van der Waals surface area contributed by atoms with Crippen molar-refractivity contribution in [3.05, 3.63) is 111 Å². The number of benzene rings is 3. The molecule has 0 amide bonds. The fourth-order valence-electron chi connectivity index (χ4n) is 5.53. The number of hydrogen-bond acceptors (Lipinski definition) is 5. The first-order valence-electron chi connectivity index (χ1n) is 14.1. The fraction of sp³-hybridized carbons (Fsp3) is 0.242. The summed E-state index contributed by atoms with van der Waals surface area (Å²) in [6.07, 6.45) is -0.274. The number of nitrogens with zero attached hydrogens (tertiary/aromatic N) is 3. The van der Waals surface area contributed by atoms with Gasteiger partial charge in [0.25, 0.3) is 5.88 Å². The third-order valence-corrected chi connectivity index (χ3v) is 8.22. The van der Waals surface area contributed by atoms with E-state index in [9.17, 15) is 18.7 Å². The second kappa shape index (κ2) is 12.0. The van der Waals surface area contributed by atoms with Crippen LogP contribution in [0.2, 0.25) is 5.02 Å². The summed E-state index contributed by atoms with van der Waals surface area (Å²) in [5, 5.41) is 9.69. The first kappa shape index (κ1) is 31.4. The van der Waals surface area contributed by atoms with Gasteiger partial charge < -0.3 is 19.1 Å². The van der Waals surface area contributed by atoms with Crippen LogP contribution in [0.25, 0.3) is 22.3 Å². The van der Waals surface area contributed by atoms with Crippen LogP contribution >= 0.6 is 11.6 Å². The Kier molecular flexibility index (Phi) is 8.20. The normalized spacial score (nSPS) is 15.9. The van der Waals surface area contributed by atoms with E-state index in [0.717, 1.165) is 36.4 Å². The molecule has 0 bridgehead atoms. The van der Waals surface area contributed by atoms with Crippen LogP contribution in [-0.2, 0) is 17.8 Å². The van der Waals surface area contributed by atoms with E-state index >= 15 is 13.2 Å². The van der Waals surface area contributed by atoms with E-state index in [0.29, 0.717) is 6.61 Å². The number of halogens is 6. The Morgan fingerprint density at radius 3 is 2.41 bits per heavy atom. The van der Waals surface area contributed by atoms with Gasteiger partial charge >= 0.3 is 5.97 Å². The van der Waals surface area contributed by atoms with Gasteiger partial charge in [0.2, 0.25) is 0 Å². The first-order valence-corrected chi connectivity index (χ1v) is 14.4. The number of aromatic nitrogens is 3. The van der Waals surface area contributed by atoms with Crippen LogP contribution in [0.15, 0.2) is 54.6 Å². The van der Waals surface area contributed by atoms with Crippen molar-refractivity contribution in [3.8, 4) is 17.1 Å². The van der Waals surface area contributed by atoms with Crippen molar-refractivity contribution >= 4 is 28.6 Å². The van der Waals surface area contributed by atoms with Gasteiger partial charge in [0.1, 0.15) is 35.4 Å².